The second-order valence-corrected chi connectivity index (χ2v) is 7.86. The molecule has 0 saturated carbocycles. The number of likely N-dealkylation sites (N-methyl/N-ethyl adjacent to an activating group) is 1. The number of ketones is 1. The fourth-order valence-corrected chi connectivity index (χ4v) is 1.71. The van der Waals surface area contributed by atoms with Crippen molar-refractivity contribution in [2.75, 3.05) is 13.6 Å². The fraction of sp³-hybridized carbons (Fsp3) is 0.778. The van der Waals surface area contributed by atoms with Crippen LogP contribution in [0.3, 0.4) is 0 Å². The molecule has 1 amide bonds. The third kappa shape index (κ3) is 8.85. The van der Waals surface area contributed by atoms with Gasteiger partial charge in [0.2, 0.25) is 0 Å². The van der Waals surface area contributed by atoms with Crippen molar-refractivity contribution in [3.8, 4) is 0 Å². The summed E-state index contributed by atoms with van der Waals surface area (Å²) in [6.45, 7) is 13.8. The summed E-state index contributed by atoms with van der Waals surface area (Å²) >= 11 is 0. The number of ether oxygens (including phenoxy) is 1. The number of nitrogens with zero attached hydrogens (tertiary/aromatic N) is 1. The average molecular weight is 311 g/mol. The quantitative estimate of drug-likeness (QED) is 0.674. The van der Waals surface area contributed by atoms with Crippen molar-refractivity contribution in [3.05, 3.63) is 11.6 Å². The summed E-state index contributed by atoms with van der Waals surface area (Å²) in [5.74, 6) is 0.0937. The molecule has 0 aliphatic rings. The predicted octanol–water partition coefficient (Wildman–Crippen LogP) is 4.59. The highest BCUT2D eigenvalue weighted by molar-refractivity contribution is 5.94. The van der Waals surface area contributed by atoms with E-state index in [0.717, 1.165) is 24.8 Å². The Hall–Kier alpha value is -1.32. The van der Waals surface area contributed by atoms with E-state index in [9.17, 15) is 9.59 Å². The van der Waals surface area contributed by atoms with Gasteiger partial charge in [0.25, 0.3) is 0 Å². The first kappa shape index (κ1) is 20.7. The summed E-state index contributed by atoms with van der Waals surface area (Å²) in [4.78, 5) is 25.8. The minimum Gasteiger partial charge on any atom is -0.444 e. The molecule has 0 radical (unpaired) electrons. The van der Waals surface area contributed by atoms with E-state index in [2.05, 4.69) is 6.92 Å². The molecule has 0 unspecified atom stereocenters. The fourth-order valence-electron chi connectivity index (χ4n) is 1.71. The van der Waals surface area contributed by atoms with Gasteiger partial charge >= 0.3 is 6.09 Å². The molecule has 0 aromatic rings. The number of hydrogen-bond acceptors (Lipinski definition) is 3. The maximum Gasteiger partial charge on any atom is 0.410 e. The first-order valence-corrected chi connectivity index (χ1v) is 8.05. The van der Waals surface area contributed by atoms with Crippen molar-refractivity contribution in [2.24, 2.45) is 5.41 Å². The van der Waals surface area contributed by atoms with Gasteiger partial charge in [0.15, 0.2) is 5.78 Å². The Labute approximate surface area is 135 Å². The Morgan fingerprint density at radius 2 is 1.64 bits per heavy atom. The third-order valence-electron chi connectivity index (χ3n) is 3.07. The molecule has 4 heteroatoms. The van der Waals surface area contributed by atoms with E-state index in [0.29, 0.717) is 6.54 Å². The van der Waals surface area contributed by atoms with Gasteiger partial charge in [-0.3, -0.25) is 4.79 Å². The number of rotatable bonds is 6. The van der Waals surface area contributed by atoms with Crippen LogP contribution >= 0.6 is 0 Å². The number of allylic oxidation sites excluding steroid dienone is 1. The van der Waals surface area contributed by atoms with E-state index in [1.165, 1.54) is 4.90 Å². The van der Waals surface area contributed by atoms with Crippen LogP contribution < -0.4 is 0 Å². The third-order valence-corrected chi connectivity index (χ3v) is 3.07. The topological polar surface area (TPSA) is 46.6 Å². The molecule has 0 aromatic heterocycles. The van der Waals surface area contributed by atoms with Crippen LogP contribution in [0, 0.1) is 5.41 Å². The number of carbonyl (C=O) groups excluding carboxylic acids is 2. The second-order valence-electron chi connectivity index (χ2n) is 7.86. The molecule has 0 heterocycles. The number of unbranched alkanes of at least 4 members (excludes halogenated alkanes) is 1. The molecule has 128 valence electrons. The number of hydrogen-bond donors (Lipinski definition) is 0. The van der Waals surface area contributed by atoms with E-state index >= 15 is 0 Å². The number of amides is 1. The van der Waals surface area contributed by atoms with E-state index in [4.69, 9.17) is 4.74 Å². The van der Waals surface area contributed by atoms with Crippen molar-refractivity contribution in [2.45, 2.75) is 73.3 Å². The summed E-state index contributed by atoms with van der Waals surface area (Å²) in [5.41, 5.74) is 0.0667. The molecule has 0 bridgehead atoms. The molecule has 0 rings (SSSR count). The van der Waals surface area contributed by atoms with Crippen molar-refractivity contribution in [1.82, 2.24) is 4.90 Å². The van der Waals surface area contributed by atoms with Crippen LogP contribution in [0.2, 0.25) is 0 Å². The zero-order chi connectivity index (χ0) is 17.6. The Morgan fingerprint density at radius 3 is 2.05 bits per heavy atom. The Morgan fingerprint density at radius 1 is 1.09 bits per heavy atom. The highest BCUT2D eigenvalue weighted by Gasteiger charge is 2.22. The minimum atomic E-state index is -0.514. The van der Waals surface area contributed by atoms with Gasteiger partial charge < -0.3 is 9.64 Å². The zero-order valence-electron chi connectivity index (χ0n) is 15.6. The Kier molecular flexibility index (Phi) is 7.85. The minimum absolute atomic E-state index is 0.0937. The van der Waals surface area contributed by atoms with Crippen molar-refractivity contribution >= 4 is 11.9 Å². The lowest BCUT2D eigenvalue weighted by Gasteiger charge is -2.25. The zero-order valence-corrected chi connectivity index (χ0v) is 15.6. The Bertz CT molecular complexity index is 411. The van der Waals surface area contributed by atoms with Crippen molar-refractivity contribution in [3.63, 3.8) is 0 Å². The normalized spacial score (nSPS) is 13.0. The molecule has 0 saturated heterocycles. The molecule has 0 spiro atoms. The summed E-state index contributed by atoms with van der Waals surface area (Å²) in [6, 6.07) is 0. The van der Waals surface area contributed by atoms with Crippen LogP contribution in [0.4, 0.5) is 4.79 Å². The van der Waals surface area contributed by atoms with Gasteiger partial charge in [-0.1, -0.05) is 34.1 Å². The van der Waals surface area contributed by atoms with E-state index in [-0.39, 0.29) is 11.9 Å². The molecule has 0 N–H and O–H groups in total. The second kappa shape index (κ2) is 8.35. The molecule has 0 aliphatic heterocycles. The summed E-state index contributed by atoms with van der Waals surface area (Å²) in [5, 5.41) is 0. The summed E-state index contributed by atoms with van der Waals surface area (Å²) < 4.78 is 5.35. The highest BCUT2D eigenvalue weighted by Crippen LogP contribution is 2.19. The van der Waals surface area contributed by atoms with Crippen LogP contribution in [0.25, 0.3) is 0 Å². The monoisotopic (exact) mass is 311 g/mol. The van der Waals surface area contributed by atoms with Gasteiger partial charge in [0, 0.05) is 19.0 Å². The lowest BCUT2D eigenvalue weighted by molar-refractivity contribution is -0.121. The van der Waals surface area contributed by atoms with Gasteiger partial charge in [-0.15, -0.1) is 0 Å². The van der Waals surface area contributed by atoms with Crippen molar-refractivity contribution in [1.29, 1.82) is 0 Å². The Balaban J connectivity index is 4.96. The van der Waals surface area contributed by atoms with Crippen LogP contribution in [0.1, 0.15) is 67.7 Å². The van der Waals surface area contributed by atoms with Gasteiger partial charge in [-0.25, -0.2) is 4.79 Å². The molecule has 22 heavy (non-hydrogen) atoms. The molecular weight excluding hydrogens is 278 g/mol. The molecule has 0 fully saturated rings. The van der Waals surface area contributed by atoms with Crippen molar-refractivity contribution < 1.29 is 14.3 Å². The van der Waals surface area contributed by atoms with E-state index in [1.807, 2.05) is 41.5 Å². The molecule has 4 nitrogen and oxygen atoms in total. The molecular formula is C18H33NO3. The highest BCUT2D eigenvalue weighted by atomic mass is 16.6. The molecule has 0 aliphatic carbocycles. The lowest BCUT2D eigenvalue weighted by Crippen LogP contribution is -2.35. The van der Waals surface area contributed by atoms with E-state index in [1.54, 1.807) is 13.1 Å². The van der Waals surface area contributed by atoms with Crippen LogP contribution in [-0.4, -0.2) is 36.0 Å². The average Bonchev–Trinajstić information content (AvgIpc) is 2.32. The standard InChI is InChI=1S/C18H33NO3/c1-9-10-11-14(12-15(20)17(2,3)4)13-19(8)16(21)22-18(5,6)7/h12H,9-11,13H2,1-8H3/b14-12+. The van der Waals surface area contributed by atoms with Crippen LogP contribution in [0.15, 0.2) is 11.6 Å². The van der Waals surface area contributed by atoms with Crippen LogP contribution in [0.5, 0.6) is 0 Å². The molecule has 0 atom stereocenters. The van der Waals surface area contributed by atoms with Gasteiger partial charge in [-0.05, 0) is 45.3 Å². The number of carbonyl (C=O) groups is 2. The van der Waals surface area contributed by atoms with Crippen LogP contribution in [-0.2, 0) is 9.53 Å². The summed E-state index contributed by atoms with van der Waals surface area (Å²) in [6.07, 6.45) is 4.23. The van der Waals surface area contributed by atoms with Gasteiger partial charge in [-0.2, -0.15) is 0 Å². The maximum absolute atomic E-state index is 12.2. The largest absolute Gasteiger partial charge is 0.444 e. The SMILES string of the molecule is CCCC/C(=C\C(=O)C(C)(C)C)CN(C)C(=O)OC(C)(C)C. The smallest absolute Gasteiger partial charge is 0.410 e. The van der Waals surface area contributed by atoms with E-state index < -0.39 is 11.0 Å². The maximum atomic E-state index is 12.2. The summed E-state index contributed by atoms with van der Waals surface area (Å²) in [7, 11) is 1.70. The molecule has 0 aromatic carbocycles. The van der Waals surface area contributed by atoms with Gasteiger partial charge in [0.05, 0.1) is 0 Å². The predicted molar refractivity (Wildman–Crippen MR) is 90.9 cm³/mol. The van der Waals surface area contributed by atoms with Gasteiger partial charge in [0.1, 0.15) is 5.60 Å². The first-order chi connectivity index (χ1) is 9.86. The lowest BCUT2D eigenvalue weighted by atomic mass is 9.89. The first-order valence-electron chi connectivity index (χ1n) is 8.05.